The number of ether oxygens (including phenoxy) is 1. The molecule has 2 N–H and O–H groups in total. The standard InChI is InChI=1S/C9H21N3O2/c1-11(2)9(13)8-12(3)5-7-14-6-4-10/h4-8,10H2,1-3H3. The van der Waals surface area contributed by atoms with E-state index >= 15 is 0 Å². The summed E-state index contributed by atoms with van der Waals surface area (Å²) in [5.41, 5.74) is 5.27. The minimum Gasteiger partial charge on any atom is -0.379 e. The van der Waals surface area contributed by atoms with Crippen molar-refractivity contribution in [1.29, 1.82) is 0 Å². The summed E-state index contributed by atoms with van der Waals surface area (Å²) in [5, 5.41) is 0. The van der Waals surface area contributed by atoms with Gasteiger partial charge in [-0.25, -0.2) is 0 Å². The van der Waals surface area contributed by atoms with Gasteiger partial charge in [0.05, 0.1) is 19.8 Å². The van der Waals surface area contributed by atoms with Gasteiger partial charge in [0.2, 0.25) is 5.91 Å². The molecule has 0 radical (unpaired) electrons. The first-order valence-corrected chi connectivity index (χ1v) is 4.74. The summed E-state index contributed by atoms with van der Waals surface area (Å²) in [6.45, 7) is 2.92. The van der Waals surface area contributed by atoms with Gasteiger partial charge in [-0.2, -0.15) is 0 Å². The molecule has 14 heavy (non-hydrogen) atoms. The van der Waals surface area contributed by atoms with Gasteiger partial charge in [0, 0.05) is 27.2 Å². The molecule has 0 aromatic rings. The Hall–Kier alpha value is -0.650. The molecule has 0 unspecified atom stereocenters. The first-order valence-electron chi connectivity index (χ1n) is 4.74. The monoisotopic (exact) mass is 203 g/mol. The van der Waals surface area contributed by atoms with Crippen molar-refractivity contribution in [3.05, 3.63) is 0 Å². The highest BCUT2D eigenvalue weighted by Gasteiger charge is 2.07. The number of rotatable bonds is 7. The maximum Gasteiger partial charge on any atom is 0.236 e. The summed E-state index contributed by atoms with van der Waals surface area (Å²) >= 11 is 0. The number of nitrogens with zero attached hydrogens (tertiary/aromatic N) is 2. The van der Waals surface area contributed by atoms with Crippen LogP contribution in [0.3, 0.4) is 0 Å². The predicted molar refractivity (Wildman–Crippen MR) is 56.1 cm³/mol. The van der Waals surface area contributed by atoms with Crippen LogP contribution in [-0.4, -0.2) is 69.7 Å². The van der Waals surface area contributed by atoms with E-state index in [2.05, 4.69) is 0 Å². The van der Waals surface area contributed by atoms with Gasteiger partial charge in [0.15, 0.2) is 0 Å². The van der Waals surface area contributed by atoms with Crippen molar-refractivity contribution in [3.8, 4) is 0 Å². The molecule has 0 spiro atoms. The SMILES string of the molecule is CN(CCOCCN)CC(=O)N(C)C. The van der Waals surface area contributed by atoms with Crippen molar-refractivity contribution in [1.82, 2.24) is 9.80 Å². The van der Waals surface area contributed by atoms with Gasteiger partial charge in [-0.3, -0.25) is 9.69 Å². The summed E-state index contributed by atoms with van der Waals surface area (Å²) < 4.78 is 5.20. The fourth-order valence-electron chi connectivity index (χ4n) is 0.857. The average molecular weight is 203 g/mol. The van der Waals surface area contributed by atoms with E-state index in [1.54, 1.807) is 19.0 Å². The van der Waals surface area contributed by atoms with Crippen molar-refractivity contribution < 1.29 is 9.53 Å². The summed E-state index contributed by atoms with van der Waals surface area (Å²) in [6, 6.07) is 0. The highest BCUT2D eigenvalue weighted by molar-refractivity contribution is 5.77. The van der Waals surface area contributed by atoms with Gasteiger partial charge in [-0.1, -0.05) is 0 Å². The molecule has 5 nitrogen and oxygen atoms in total. The van der Waals surface area contributed by atoms with Crippen molar-refractivity contribution in [2.24, 2.45) is 5.73 Å². The Kier molecular flexibility index (Phi) is 7.37. The van der Waals surface area contributed by atoms with Gasteiger partial charge < -0.3 is 15.4 Å². The Balaban J connectivity index is 3.45. The Morgan fingerprint density at radius 2 is 1.93 bits per heavy atom. The third kappa shape index (κ3) is 6.82. The molecule has 1 amide bonds. The first kappa shape index (κ1) is 13.4. The lowest BCUT2D eigenvalue weighted by molar-refractivity contribution is -0.129. The van der Waals surface area contributed by atoms with Crippen LogP contribution in [0.4, 0.5) is 0 Å². The first-order chi connectivity index (χ1) is 6.57. The van der Waals surface area contributed by atoms with Crippen LogP contribution in [0.15, 0.2) is 0 Å². The Morgan fingerprint density at radius 1 is 1.29 bits per heavy atom. The predicted octanol–water partition coefficient (Wildman–Crippen LogP) is -1.02. The summed E-state index contributed by atoms with van der Waals surface area (Å²) in [4.78, 5) is 14.8. The summed E-state index contributed by atoms with van der Waals surface area (Å²) in [7, 11) is 5.40. The van der Waals surface area contributed by atoms with Crippen LogP contribution in [0, 0.1) is 0 Å². The molecule has 0 rings (SSSR count). The van der Waals surface area contributed by atoms with Crippen molar-refractivity contribution in [3.63, 3.8) is 0 Å². The summed E-state index contributed by atoms with van der Waals surface area (Å²) in [5.74, 6) is 0.103. The lowest BCUT2D eigenvalue weighted by Gasteiger charge is -2.18. The van der Waals surface area contributed by atoms with Crippen molar-refractivity contribution in [2.75, 3.05) is 54.0 Å². The van der Waals surface area contributed by atoms with Gasteiger partial charge >= 0.3 is 0 Å². The molecule has 0 atom stereocenters. The van der Waals surface area contributed by atoms with Crippen LogP contribution in [0.5, 0.6) is 0 Å². The van der Waals surface area contributed by atoms with E-state index in [4.69, 9.17) is 10.5 Å². The number of carbonyl (C=O) groups excluding carboxylic acids is 1. The summed E-state index contributed by atoms with van der Waals surface area (Å²) in [6.07, 6.45) is 0. The van der Waals surface area contributed by atoms with E-state index < -0.39 is 0 Å². The highest BCUT2D eigenvalue weighted by atomic mass is 16.5. The number of amides is 1. The van der Waals surface area contributed by atoms with Crippen LogP contribution in [0.25, 0.3) is 0 Å². The van der Waals surface area contributed by atoms with Gasteiger partial charge in [0.25, 0.3) is 0 Å². The molecule has 0 aliphatic carbocycles. The van der Waals surface area contributed by atoms with E-state index in [0.717, 1.165) is 6.54 Å². The number of likely N-dealkylation sites (N-methyl/N-ethyl adjacent to an activating group) is 2. The molecule has 5 heteroatoms. The van der Waals surface area contributed by atoms with Crippen molar-refractivity contribution in [2.45, 2.75) is 0 Å². The van der Waals surface area contributed by atoms with Gasteiger partial charge in [-0.15, -0.1) is 0 Å². The number of nitrogens with two attached hydrogens (primary N) is 1. The zero-order chi connectivity index (χ0) is 11.0. The molecule has 0 fully saturated rings. The molecular formula is C9H21N3O2. The third-order valence-corrected chi connectivity index (χ3v) is 1.78. The zero-order valence-electron chi connectivity index (χ0n) is 9.32. The second kappa shape index (κ2) is 7.73. The molecule has 0 saturated carbocycles. The maximum atomic E-state index is 11.3. The van der Waals surface area contributed by atoms with E-state index in [0.29, 0.717) is 26.3 Å². The number of hydrogen-bond acceptors (Lipinski definition) is 4. The van der Waals surface area contributed by atoms with Gasteiger partial charge in [0.1, 0.15) is 0 Å². The van der Waals surface area contributed by atoms with E-state index in [9.17, 15) is 4.79 Å². The fraction of sp³-hybridized carbons (Fsp3) is 0.889. The second-order valence-corrected chi connectivity index (χ2v) is 3.43. The molecule has 0 aromatic carbocycles. The largest absolute Gasteiger partial charge is 0.379 e. The smallest absolute Gasteiger partial charge is 0.236 e. The molecule has 84 valence electrons. The molecule has 0 bridgehead atoms. The molecule has 0 heterocycles. The molecule has 0 aliphatic heterocycles. The van der Waals surface area contributed by atoms with Crippen molar-refractivity contribution >= 4 is 5.91 Å². The quantitative estimate of drug-likeness (QED) is 0.538. The molecular weight excluding hydrogens is 182 g/mol. The van der Waals surface area contributed by atoms with E-state index in [-0.39, 0.29) is 5.91 Å². The Morgan fingerprint density at radius 3 is 2.43 bits per heavy atom. The maximum absolute atomic E-state index is 11.3. The second-order valence-electron chi connectivity index (χ2n) is 3.43. The third-order valence-electron chi connectivity index (χ3n) is 1.78. The van der Waals surface area contributed by atoms with Crippen LogP contribution in [0.1, 0.15) is 0 Å². The Labute approximate surface area is 85.8 Å². The van der Waals surface area contributed by atoms with Crippen LogP contribution >= 0.6 is 0 Å². The number of carbonyl (C=O) groups is 1. The fourth-order valence-corrected chi connectivity index (χ4v) is 0.857. The lowest BCUT2D eigenvalue weighted by atomic mass is 10.4. The van der Waals surface area contributed by atoms with Crippen LogP contribution in [-0.2, 0) is 9.53 Å². The number of hydrogen-bond donors (Lipinski definition) is 1. The minimum atomic E-state index is 0.103. The van der Waals surface area contributed by atoms with Gasteiger partial charge in [-0.05, 0) is 7.05 Å². The molecule has 0 aliphatic rings. The van der Waals surface area contributed by atoms with Crippen LogP contribution in [0.2, 0.25) is 0 Å². The molecule has 0 saturated heterocycles. The topological polar surface area (TPSA) is 58.8 Å². The average Bonchev–Trinajstić information content (AvgIpc) is 2.12. The normalized spacial score (nSPS) is 10.6. The van der Waals surface area contributed by atoms with E-state index in [1.165, 1.54) is 0 Å². The highest BCUT2D eigenvalue weighted by Crippen LogP contribution is 1.86. The van der Waals surface area contributed by atoms with E-state index in [1.807, 2.05) is 11.9 Å². The van der Waals surface area contributed by atoms with Crippen LogP contribution < -0.4 is 5.73 Å². The minimum absolute atomic E-state index is 0.103. The lowest BCUT2D eigenvalue weighted by Crippen LogP contribution is -2.36. The zero-order valence-corrected chi connectivity index (χ0v) is 9.32. The Bertz CT molecular complexity index is 162. The molecule has 0 aromatic heterocycles.